The van der Waals surface area contributed by atoms with Crippen molar-refractivity contribution in [3.8, 4) is 11.4 Å². The third kappa shape index (κ3) is 3.48. The summed E-state index contributed by atoms with van der Waals surface area (Å²) in [6, 6.07) is 15.6. The number of anilines is 1. The van der Waals surface area contributed by atoms with Gasteiger partial charge >= 0.3 is 0 Å². The van der Waals surface area contributed by atoms with Crippen LogP contribution < -0.4 is 10.1 Å². The Bertz CT molecular complexity index is 1150. The first-order chi connectivity index (χ1) is 13.5. The van der Waals surface area contributed by atoms with Crippen LogP contribution in [0.4, 0.5) is 5.13 Å². The lowest BCUT2D eigenvalue weighted by atomic mass is 10.1. The van der Waals surface area contributed by atoms with Gasteiger partial charge in [0.05, 0.1) is 35.1 Å². The monoisotopic (exact) mass is 392 g/mol. The standard InChI is InChI=1S/C21H20N4O2S/c1-13-17(14(2)25(24-13)15-7-5-4-6-8-15)12-20(26)23-21-22-18-10-9-16(27-3)11-19(18)28-21/h4-11H,12H2,1-3H3,(H,22,23,26). The second kappa shape index (κ2) is 7.44. The molecular weight excluding hydrogens is 372 g/mol. The molecule has 0 saturated carbocycles. The summed E-state index contributed by atoms with van der Waals surface area (Å²) in [6.07, 6.45) is 0.254. The number of benzene rings is 2. The van der Waals surface area contributed by atoms with Crippen LogP contribution in [0.3, 0.4) is 0 Å². The van der Waals surface area contributed by atoms with Crippen molar-refractivity contribution in [1.29, 1.82) is 0 Å². The lowest BCUT2D eigenvalue weighted by Crippen LogP contribution is -2.15. The predicted octanol–water partition coefficient (Wildman–Crippen LogP) is 4.29. The van der Waals surface area contributed by atoms with Gasteiger partial charge in [0.15, 0.2) is 5.13 Å². The van der Waals surface area contributed by atoms with Crippen molar-refractivity contribution in [2.24, 2.45) is 0 Å². The number of nitrogens with one attached hydrogen (secondary N) is 1. The minimum atomic E-state index is -0.107. The van der Waals surface area contributed by atoms with Crippen molar-refractivity contribution in [2.45, 2.75) is 20.3 Å². The average Bonchev–Trinajstić information content (AvgIpc) is 3.22. The van der Waals surface area contributed by atoms with E-state index in [-0.39, 0.29) is 12.3 Å². The van der Waals surface area contributed by atoms with Crippen LogP contribution in [0.25, 0.3) is 15.9 Å². The van der Waals surface area contributed by atoms with Gasteiger partial charge in [0.1, 0.15) is 5.75 Å². The first-order valence-corrected chi connectivity index (χ1v) is 9.72. The van der Waals surface area contributed by atoms with Gasteiger partial charge in [-0.3, -0.25) is 4.79 Å². The number of fused-ring (bicyclic) bond motifs is 1. The molecule has 2 heterocycles. The quantitative estimate of drug-likeness (QED) is 0.550. The zero-order chi connectivity index (χ0) is 19.7. The molecule has 4 aromatic rings. The highest BCUT2D eigenvalue weighted by molar-refractivity contribution is 7.22. The number of nitrogens with zero attached hydrogens (tertiary/aromatic N) is 3. The maximum absolute atomic E-state index is 12.6. The number of hydrogen-bond donors (Lipinski definition) is 1. The molecule has 28 heavy (non-hydrogen) atoms. The highest BCUT2D eigenvalue weighted by Crippen LogP contribution is 2.29. The second-order valence-corrected chi connectivity index (χ2v) is 7.51. The first-order valence-electron chi connectivity index (χ1n) is 8.90. The molecule has 0 fully saturated rings. The summed E-state index contributed by atoms with van der Waals surface area (Å²) >= 11 is 1.43. The molecule has 142 valence electrons. The fourth-order valence-electron chi connectivity index (χ4n) is 3.16. The van der Waals surface area contributed by atoms with Gasteiger partial charge in [-0.25, -0.2) is 9.67 Å². The van der Waals surface area contributed by atoms with Crippen LogP contribution >= 0.6 is 11.3 Å². The summed E-state index contributed by atoms with van der Waals surface area (Å²) in [4.78, 5) is 17.1. The number of carbonyl (C=O) groups excluding carboxylic acids is 1. The molecule has 0 spiro atoms. The molecule has 0 aliphatic heterocycles. The van der Waals surface area contributed by atoms with Crippen LogP contribution in [0.1, 0.15) is 17.0 Å². The van der Waals surface area contributed by atoms with Crippen molar-refractivity contribution >= 4 is 32.6 Å². The fraction of sp³-hybridized carbons (Fsp3) is 0.190. The Morgan fingerprint density at radius 1 is 1.18 bits per heavy atom. The average molecular weight is 392 g/mol. The molecule has 0 aliphatic carbocycles. The van der Waals surface area contributed by atoms with Gasteiger partial charge in [-0.15, -0.1) is 0 Å². The molecule has 0 aliphatic rings. The molecule has 2 aromatic heterocycles. The van der Waals surface area contributed by atoms with Gasteiger partial charge < -0.3 is 10.1 Å². The Kier molecular flexibility index (Phi) is 4.83. The molecular formula is C21H20N4O2S. The van der Waals surface area contributed by atoms with E-state index in [0.717, 1.165) is 38.6 Å². The van der Waals surface area contributed by atoms with Gasteiger partial charge in [0, 0.05) is 11.3 Å². The maximum atomic E-state index is 12.6. The van der Waals surface area contributed by atoms with Gasteiger partial charge in [0.25, 0.3) is 0 Å². The SMILES string of the molecule is COc1ccc2nc(NC(=O)Cc3c(C)nn(-c4ccccc4)c3C)sc2c1. The predicted molar refractivity (Wildman–Crippen MR) is 112 cm³/mol. The number of carbonyl (C=O) groups is 1. The van der Waals surface area contributed by atoms with Crippen LogP contribution in [0.15, 0.2) is 48.5 Å². The zero-order valence-corrected chi connectivity index (χ0v) is 16.7. The molecule has 0 bridgehead atoms. The topological polar surface area (TPSA) is 69.0 Å². The van der Waals surface area contributed by atoms with Crippen LogP contribution in [0.2, 0.25) is 0 Å². The summed E-state index contributed by atoms with van der Waals surface area (Å²) in [6.45, 7) is 3.92. The Morgan fingerprint density at radius 3 is 2.71 bits per heavy atom. The molecule has 0 radical (unpaired) electrons. The maximum Gasteiger partial charge on any atom is 0.230 e. The van der Waals surface area contributed by atoms with Gasteiger partial charge in [0.2, 0.25) is 5.91 Å². The second-order valence-electron chi connectivity index (χ2n) is 6.47. The van der Waals surface area contributed by atoms with Crippen molar-refractivity contribution in [3.63, 3.8) is 0 Å². The summed E-state index contributed by atoms with van der Waals surface area (Å²) < 4.78 is 8.09. The van der Waals surface area contributed by atoms with E-state index in [9.17, 15) is 4.79 Å². The number of thiazole rings is 1. The Morgan fingerprint density at radius 2 is 1.96 bits per heavy atom. The molecule has 0 saturated heterocycles. The number of aryl methyl sites for hydroxylation is 1. The van der Waals surface area contributed by atoms with E-state index in [2.05, 4.69) is 15.4 Å². The van der Waals surface area contributed by atoms with E-state index in [1.165, 1.54) is 11.3 Å². The Labute approximate surface area is 166 Å². The summed E-state index contributed by atoms with van der Waals surface area (Å²) in [5.41, 5.74) is 4.57. The lowest BCUT2D eigenvalue weighted by molar-refractivity contribution is -0.115. The molecule has 1 amide bonds. The van der Waals surface area contributed by atoms with Crippen LogP contribution in [-0.4, -0.2) is 27.8 Å². The van der Waals surface area contributed by atoms with Gasteiger partial charge in [-0.1, -0.05) is 29.5 Å². The number of amides is 1. The summed E-state index contributed by atoms with van der Waals surface area (Å²) in [7, 11) is 1.63. The largest absolute Gasteiger partial charge is 0.497 e. The third-order valence-electron chi connectivity index (χ3n) is 4.62. The number of rotatable bonds is 5. The smallest absolute Gasteiger partial charge is 0.230 e. The number of para-hydroxylation sites is 1. The van der Waals surface area contributed by atoms with Crippen molar-refractivity contribution < 1.29 is 9.53 Å². The first kappa shape index (κ1) is 18.2. The van der Waals surface area contributed by atoms with E-state index in [0.29, 0.717) is 5.13 Å². The number of ether oxygens (including phenoxy) is 1. The number of methoxy groups -OCH3 is 1. The van der Waals surface area contributed by atoms with Crippen molar-refractivity contribution in [3.05, 3.63) is 65.5 Å². The minimum absolute atomic E-state index is 0.107. The molecule has 1 N–H and O–H groups in total. The Hall–Kier alpha value is -3.19. The normalized spacial score (nSPS) is 11.0. The van der Waals surface area contributed by atoms with E-state index in [1.807, 2.05) is 67.1 Å². The van der Waals surface area contributed by atoms with E-state index in [4.69, 9.17) is 4.74 Å². The number of hydrogen-bond acceptors (Lipinski definition) is 5. The lowest BCUT2D eigenvalue weighted by Gasteiger charge is -2.05. The molecule has 2 aromatic carbocycles. The summed E-state index contributed by atoms with van der Waals surface area (Å²) in [5.74, 6) is 0.665. The molecule has 4 rings (SSSR count). The van der Waals surface area contributed by atoms with Crippen LogP contribution in [-0.2, 0) is 11.2 Å². The summed E-state index contributed by atoms with van der Waals surface area (Å²) in [5, 5.41) is 8.10. The molecule has 0 unspecified atom stereocenters. The highest BCUT2D eigenvalue weighted by atomic mass is 32.1. The van der Waals surface area contributed by atoms with E-state index in [1.54, 1.807) is 7.11 Å². The number of aromatic nitrogens is 3. The van der Waals surface area contributed by atoms with Crippen LogP contribution in [0, 0.1) is 13.8 Å². The van der Waals surface area contributed by atoms with Crippen molar-refractivity contribution in [1.82, 2.24) is 14.8 Å². The fourth-order valence-corrected chi connectivity index (χ4v) is 4.07. The Balaban J connectivity index is 1.53. The van der Waals surface area contributed by atoms with Crippen molar-refractivity contribution in [2.75, 3.05) is 12.4 Å². The zero-order valence-electron chi connectivity index (χ0n) is 15.9. The molecule has 0 atom stereocenters. The minimum Gasteiger partial charge on any atom is -0.497 e. The third-order valence-corrected chi connectivity index (χ3v) is 5.55. The van der Waals surface area contributed by atoms with Crippen LogP contribution in [0.5, 0.6) is 5.75 Å². The molecule has 7 heteroatoms. The van der Waals surface area contributed by atoms with E-state index >= 15 is 0 Å². The van der Waals surface area contributed by atoms with E-state index < -0.39 is 0 Å². The molecule has 6 nitrogen and oxygen atoms in total. The highest BCUT2D eigenvalue weighted by Gasteiger charge is 2.17. The van der Waals surface area contributed by atoms with Gasteiger partial charge in [-0.2, -0.15) is 5.10 Å². The van der Waals surface area contributed by atoms with Gasteiger partial charge in [-0.05, 0) is 44.2 Å².